The molecule has 29 heavy (non-hydrogen) atoms. The third-order valence-corrected chi connectivity index (χ3v) is 5.38. The summed E-state index contributed by atoms with van der Waals surface area (Å²) in [5.74, 6) is -0.642. The Bertz CT molecular complexity index is 1030. The highest BCUT2D eigenvalue weighted by atomic mass is 16.5. The number of carbonyl (C=O) groups excluding carboxylic acids is 2. The van der Waals surface area contributed by atoms with Crippen LogP contribution in [0, 0.1) is 0 Å². The highest BCUT2D eigenvalue weighted by molar-refractivity contribution is 5.95. The van der Waals surface area contributed by atoms with E-state index in [2.05, 4.69) is 5.32 Å². The molecule has 3 aromatic carbocycles. The van der Waals surface area contributed by atoms with Crippen molar-refractivity contribution in [2.75, 3.05) is 0 Å². The molecule has 0 fully saturated rings. The number of carbonyl (C=O) groups is 2. The molecule has 1 atom stereocenters. The first-order valence-electron chi connectivity index (χ1n) is 9.69. The van der Waals surface area contributed by atoms with Gasteiger partial charge in [0.15, 0.2) is 0 Å². The molecule has 5 nitrogen and oxygen atoms in total. The summed E-state index contributed by atoms with van der Waals surface area (Å²) in [5.41, 5.74) is 6.93. The van der Waals surface area contributed by atoms with Gasteiger partial charge in [0.05, 0.1) is 6.04 Å². The van der Waals surface area contributed by atoms with Crippen molar-refractivity contribution >= 4 is 11.8 Å². The molecule has 2 amide bonds. The number of fused-ring (bicyclic) bond motifs is 1. The van der Waals surface area contributed by atoms with Crippen LogP contribution < -0.4 is 10.8 Å². The summed E-state index contributed by atoms with van der Waals surface area (Å²) in [4.78, 5) is 24.4. The van der Waals surface area contributed by atoms with Gasteiger partial charge in [0.1, 0.15) is 0 Å². The molecule has 0 aliphatic heterocycles. The van der Waals surface area contributed by atoms with Gasteiger partial charge in [-0.05, 0) is 65.8 Å². The minimum absolute atomic E-state index is 0.0914. The van der Waals surface area contributed by atoms with Crippen molar-refractivity contribution in [1.82, 2.24) is 10.8 Å². The van der Waals surface area contributed by atoms with Crippen LogP contribution in [0.15, 0.2) is 72.8 Å². The number of hydrogen-bond donors (Lipinski definition) is 3. The zero-order valence-electron chi connectivity index (χ0n) is 15.9. The molecule has 0 heterocycles. The van der Waals surface area contributed by atoms with Crippen molar-refractivity contribution in [3.8, 4) is 11.1 Å². The van der Waals surface area contributed by atoms with Gasteiger partial charge in [-0.1, -0.05) is 48.5 Å². The van der Waals surface area contributed by atoms with Crippen LogP contribution in [0.1, 0.15) is 50.7 Å². The lowest BCUT2D eigenvalue weighted by Gasteiger charge is -2.27. The van der Waals surface area contributed by atoms with Crippen molar-refractivity contribution in [2.45, 2.75) is 25.3 Å². The van der Waals surface area contributed by atoms with E-state index in [1.165, 1.54) is 0 Å². The Morgan fingerprint density at radius 3 is 2.24 bits per heavy atom. The molecular formula is C24H22N2O3. The zero-order chi connectivity index (χ0) is 20.2. The predicted octanol–water partition coefficient (Wildman–Crippen LogP) is 4.28. The van der Waals surface area contributed by atoms with E-state index in [9.17, 15) is 9.59 Å². The molecule has 146 valence electrons. The van der Waals surface area contributed by atoms with Crippen molar-refractivity contribution < 1.29 is 14.8 Å². The second-order valence-electron chi connectivity index (χ2n) is 7.22. The molecule has 0 saturated carbocycles. The van der Waals surface area contributed by atoms with E-state index in [-0.39, 0.29) is 11.9 Å². The molecule has 0 aromatic heterocycles. The van der Waals surface area contributed by atoms with E-state index >= 15 is 0 Å². The molecule has 1 aliphatic rings. The fourth-order valence-corrected chi connectivity index (χ4v) is 3.86. The van der Waals surface area contributed by atoms with Crippen LogP contribution in [0.3, 0.4) is 0 Å². The normalized spacial score (nSPS) is 15.3. The summed E-state index contributed by atoms with van der Waals surface area (Å²) >= 11 is 0. The highest BCUT2D eigenvalue weighted by Gasteiger charge is 2.23. The van der Waals surface area contributed by atoms with Gasteiger partial charge in [-0.2, -0.15) is 0 Å². The average Bonchev–Trinajstić information content (AvgIpc) is 2.79. The van der Waals surface area contributed by atoms with Crippen molar-refractivity contribution in [1.29, 1.82) is 0 Å². The lowest BCUT2D eigenvalue weighted by Crippen LogP contribution is -2.31. The van der Waals surface area contributed by atoms with Crippen LogP contribution in [-0.4, -0.2) is 17.0 Å². The Morgan fingerprint density at radius 1 is 0.828 bits per heavy atom. The summed E-state index contributed by atoms with van der Waals surface area (Å²) in [6.07, 6.45) is 2.63. The standard InChI is InChI=1S/C24H22N2O3/c27-23(18-11-9-17(10-12-18)16-5-2-1-3-6-16)25-22-8-4-7-19-15-20(24(28)26-29)13-14-21(19)22/h1-3,5-6,9-15,22,29H,4,7-8H2,(H,25,27)(H,26,28). The first-order chi connectivity index (χ1) is 14.2. The van der Waals surface area contributed by atoms with Gasteiger partial charge in [0, 0.05) is 11.1 Å². The largest absolute Gasteiger partial charge is 0.345 e. The maximum Gasteiger partial charge on any atom is 0.274 e. The van der Waals surface area contributed by atoms with E-state index in [1.54, 1.807) is 17.6 Å². The molecule has 1 unspecified atom stereocenters. The van der Waals surface area contributed by atoms with Gasteiger partial charge in [0.25, 0.3) is 11.8 Å². The van der Waals surface area contributed by atoms with E-state index in [1.807, 2.05) is 60.7 Å². The molecule has 0 saturated heterocycles. The quantitative estimate of drug-likeness (QED) is 0.463. The third kappa shape index (κ3) is 4.05. The molecule has 3 N–H and O–H groups in total. The molecule has 1 aliphatic carbocycles. The second-order valence-corrected chi connectivity index (χ2v) is 7.22. The Hall–Kier alpha value is -3.44. The smallest absolute Gasteiger partial charge is 0.274 e. The number of rotatable bonds is 4. The number of benzene rings is 3. The minimum atomic E-state index is -0.530. The Kier molecular flexibility index (Phi) is 5.40. The van der Waals surface area contributed by atoms with E-state index in [0.717, 1.165) is 41.5 Å². The molecule has 5 heteroatoms. The number of amides is 2. The fourth-order valence-electron chi connectivity index (χ4n) is 3.86. The summed E-state index contributed by atoms with van der Waals surface area (Å²) in [6.45, 7) is 0. The van der Waals surface area contributed by atoms with Gasteiger partial charge >= 0.3 is 0 Å². The third-order valence-electron chi connectivity index (χ3n) is 5.38. The summed E-state index contributed by atoms with van der Waals surface area (Å²) in [5, 5.41) is 11.9. The first-order valence-corrected chi connectivity index (χ1v) is 9.69. The van der Waals surface area contributed by atoms with Crippen molar-refractivity contribution in [2.24, 2.45) is 0 Å². The van der Waals surface area contributed by atoms with E-state index < -0.39 is 5.91 Å². The van der Waals surface area contributed by atoms with Crippen molar-refractivity contribution in [3.63, 3.8) is 0 Å². The maximum absolute atomic E-state index is 12.8. The molecule has 0 spiro atoms. The van der Waals surface area contributed by atoms with Crippen molar-refractivity contribution in [3.05, 3.63) is 95.1 Å². The number of hydroxylamine groups is 1. The van der Waals surface area contributed by atoms with Gasteiger partial charge in [-0.15, -0.1) is 0 Å². The first kappa shape index (κ1) is 18.9. The van der Waals surface area contributed by atoms with Crippen LogP contribution in [0.25, 0.3) is 11.1 Å². The van der Waals surface area contributed by atoms with Gasteiger partial charge in [0.2, 0.25) is 0 Å². The summed E-state index contributed by atoms with van der Waals surface area (Å²) in [7, 11) is 0. The molecule has 0 bridgehead atoms. The van der Waals surface area contributed by atoms with Gasteiger partial charge in [-0.3, -0.25) is 14.8 Å². The Balaban J connectivity index is 1.50. The van der Waals surface area contributed by atoms with Crippen LogP contribution in [0.5, 0.6) is 0 Å². The van der Waals surface area contributed by atoms with Crippen LogP contribution in [0.4, 0.5) is 0 Å². The maximum atomic E-state index is 12.8. The van der Waals surface area contributed by atoms with E-state index in [4.69, 9.17) is 5.21 Å². The van der Waals surface area contributed by atoms with Gasteiger partial charge < -0.3 is 5.32 Å². The Morgan fingerprint density at radius 2 is 1.52 bits per heavy atom. The molecule has 4 rings (SSSR count). The summed E-state index contributed by atoms with van der Waals surface area (Å²) < 4.78 is 0. The number of nitrogens with one attached hydrogen (secondary N) is 2. The number of aryl methyl sites for hydroxylation is 1. The lowest BCUT2D eigenvalue weighted by atomic mass is 9.86. The fraction of sp³-hybridized carbons (Fsp3) is 0.167. The molecular weight excluding hydrogens is 364 g/mol. The molecule has 0 radical (unpaired) electrons. The predicted molar refractivity (Wildman–Crippen MR) is 111 cm³/mol. The lowest BCUT2D eigenvalue weighted by molar-refractivity contribution is 0.0706. The number of hydrogen-bond acceptors (Lipinski definition) is 3. The Labute approximate surface area is 169 Å². The van der Waals surface area contributed by atoms with Crippen LogP contribution in [-0.2, 0) is 6.42 Å². The SMILES string of the molecule is O=C(NO)c1ccc2c(c1)CCCC2NC(=O)c1ccc(-c2ccccc2)cc1. The summed E-state index contributed by atoms with van der Waals surface area (Å²) in [6, 6.07) is 22.9. The monoisotopic (exact) mass is 386 g/mol. The zero-order valence-corrected chi connectivity index (χ0v) is 15.9. The minimum Gasteiger partial charge on any atom is -0.345 e. The van der Waals surface area contributed by atoms with Crippen LogP contribution in [0.2, 0.25) is 0 Å². The van der Waals surface area contributed by atoms with E-state index in [0.29, 0.717) is 11.1 Å². The average molecular weight is 386 g/mol. The highest BCUT2D eigenvalue weighted by Crippen LogP contribution is 2.31. The van der Waals surface area contributed by atoms with Crippen LogP contribution >= 0.6 is 0 Å². The molecule has 3 aromatic rings. The topological polar surface area (TPSA) is 78.4 Å². The second kappa shape index (κ2) is 8.29. The van der Waals surface area contributed by atoms with Gasteiger partial charge in [-0.25, -0.2) is 5.48 Å².